The quantitative estimate of drug-likeness (QED) is 0.701. The van der Waals surface area contributed by atoms with Crippen molar-refractivity contribution in [1.29, 1.82) is 0 Å². The van der Waals surface area contributed by atoms with Gasteiger partial charge in [-0.05, 0) is 29.4 Å². The second-order valence-corrected chi connectivity index (χ2v) is 2.66. The van der Waals surface area contributed by atoms with E-state index in [0.29, 0.717) is 11.4 Å². The fourth-order valence-corrected chi connectivity index (χ4v) is 1.05. The van der Waals surface area contributed by atoms with E-state index in [9.17, 15) is 0 Å². The van der Waals surface area contributed by atoms with E-state index < -0.39 is 0 Å². The van der Waals surface area contributed by atoms with Crippen molar-refractivity contribution in [3.63, 3.8) is 0 Å². The molecule has 0 aromatic carbocycles. The summed E-state index contributed by atoms with van der Waals surface area (Å²) in [4.78, 5) is 4.23. The molecule has 2 N–H and O–H groups in total. The highest BCUT2D eigenvalue weighted by molar-refractivity contribution is 5.65. The average molecular weight is 176 g/mol. The Hall–Kier alpha value is -1.91. The number of hydrogen-bond acceptors (Lipinski definition) is 5. The molecule has 2 rings (SSSR count). The Balaban J connectivity index is 2.53. The number of pyridine rings is 1. The van der Waals surface area contributed by atoms with Crippen molar-refractivity contribution in [1.82, 2.24) is 15.3 Å². The maximum atomic E-state index is 5.52. The number of nitrogens with two attached hydrogens (primary N) is 1. The molecule has 0 aliphatic heterocycles. The first-order valence-electron chi connectivity index (χ1n) is 3.79. The SMILES string of the molecule is Cc1cccc(-c2nonc2N)n1. The molecule has 0 bridgehead atoms. The minimum Gasteiger partial charge on any atom is -0.379 e. The molecule has 2 aromatic rings. The zero-order valence-corrected chi connectivity index (χ0v) is 7.06. The number of anilines is 1. The largest absolute Gasteiger partial charge is 0.379 e. The molecular weight excluding hydrogens is 168 g/mol. The Morgan fingerprint density at radius 3 is 2.77 bits per heavy atom. The zero-order chi connectivity index (χ0) is 9.26. The number of aromatic nitrogens is 3. The summed E-state index contributed by atoms with van der Waals surface area (Å²) in [5, 5.41) is 7.13. The summed E-state index contributed by atoms with van der Waals surface area (Å²) in [6.45, 7) is 1.90. The molecule has 5 nitrogen and oxygen atoms in total. The van der Waals surface area contributed by atoms with Gasteiger partial charge in [-0.3, -0.25) is 4.98 Å². The molecule has 2 aromatic heterocycles. The summed E-state index contributed by atoms with van der Waals surface area (Å²) in [6.07, 6.45) is 0. The van der Waals surface area contributed by atoms with Gasteiger partial charge in [0.1, 0.15) is 0 Å². The summed E-state index contributed by atoms with van der Waals surface area (Å²) < 4.78 is 4.47. The van der Waals surface area contributed by atoms with Crippen molar-refractivity contribution in [2.24, 2.45) is 0 Å². The molecular formula is C8H8N4O. The first-order chi connectivity index (χ1) is 6.27. The molecule has 66 valence electrons. The Kier molecular flexibility index (Phi) is 1.70. The number of nitrogen functional groups attached to an aromatic ring is 1. The van der Waals surface area contributed by atoms with Crippen LogP contribution in [-0.2, 0) is 0 Å². The molecule has 0 fully saturated rings. The number of aryl methyl sites for hydroxylation is 1. The second-order valence-electron chi connectivity index (χ2n) is 2.66. The number of hydrogen-bond donors (Lipinski definition) is 1. The molecule has 5 heteroatoms. The van der Waals surface area contributed by atoms with Gasteiger partial charge in [0, 0.05) is 5.69 Å². The normalized spacial score (nSPS) is 10.2. The molecule has 0 radical (unpaired) electrons. The predicted molar refractivity (Wildman–Crippen MR) is 46.7 cm³/mol. The fourth-order valence-electron chi connectivity index (χ4n) is 1.05. The Labute approximate surface area is 74.5 Å². The highest BCUT2D eigenvalue weighted by Gasteiger charge is 2.09. The molecule has 0 aliphatic carbocycles. The smallest absolute Gasteiger partial charge is 0.198 e. The van der Waals surface area contributed by atoms with Gasteiger partial charge in [0.2, 0.25) is 0 Å². The Morgan fingerprint density at radius 2 is 2.15 bits per heavy atom. The summed E-state index contributed by atoms with van der Waals surface area (Å²) >= 11 is 0. The van der Waals surface area contributed by atoms with Crippen LogP contribution in [0, 0.1) is 6.92 Å². The molecule has 0 spiro atoms. The van der Waals surface area contributed by atoms with Crippen molar-refractivity contribution in [3.8, 4) is 11.4 Å². The Morgan fingerprint density at radius 1 is 1.31 bits per heavy atom. The van der Waals surface area contributed by atoms with E-state index in [1.165, 1.54) is 0 Å². The molecule has 0 atom stereocenters. The van der Waals surface area contributed by atoms with Crippen LogP contribution in [0.25, 0.3) is 11.4 Å². The molecule has 0 aliphatic rings. The lowest BCUT2D eigenvalue weighted by atomic mass is 10.2. The fraction of sp³-hybridized carbons (Fsp3) is 0.125. The van der Waals surface area contributed by atoms with E-state index in [0.717, 1.165) is 5.69 Å². The lowest BCUT2D eigenvalue weighted by Crippen LogP contribution is -1.91. The summed E-state index contributed by atoms with van der Waals surface area (Å²) in [7, 11) is 0. The molecule has 0 saturated heterocycles. The lowest BCUT2D eigenvalue weighted by Gasteiger charge is -1.95. The summed E-state index contributed by atoms with van der Waals surface area (Å²) in [5.74, 6) is 0.262. The van der Waals surface area contributed by atoms with Crippen LogP contribution in [0.3, 0.4) is 0 Å². The summed E-state index contributed by atoms with van der Waals surface area (Å²) in [5.41, 5.74) is 7.59. The van der Waals surface area contributed by atoms with Crippen molar-refractivity contribution < 1.29 is 4.63 Å². The van der Waals surface area contributed by atoms with Gasteiger partial charge in [-0.25, -0.2) is 4.63 Å². The molecule has 0 unspecified atom stereocenters. The molecule has 13 heavy (non-hydrogen) atoms. The van der Waals surface area contributed by atoms with Crippen LogP contribution in [-0.4, -0.2) is 15.3 Å². The van der Waals surface area contributed by atoms with Gasteiger partial charge < -0.3 is 5.73 Å². The van der Waals surface area contributed by atoms with Crippen molar-refractivity contribution in [3.05, 3.63) is 23.9 Å². The third kappa shape index (κ3) is 1.35. The van der Waals surface area contributed by atoms with Crippen LogP contribution in [0.1, 0.15) is 5.69 Å². The maximum Gasteiger partial charge on any atom is 0.198 e. The topological polar surface area (TPSA) is 77.8 Å². The number of nitrogens with zero attached hydrogens (tertiary/aromatic N) is 3. The first-order valence-corrected chi connectivity index (χ1v) is 3.79. The lowest BCUT2D eigenvalue weighted by molar-refractivity contribution is 0.310. The molecule has 0 saturated carbocycles. The standard InChI is InChI=1S/C8H8N4O/c1-5-3-2-4-6(10-5)7-8(9)12-13-11-7/h2-4H,1H3,(H2,9,12). The van der Waals surface area contributed by atoms with Crippen LogP contribution in [0.2, 0.25) is 0 Å². The van der Waals surface area contributed by atoms with E-state index in [1.807, 2.05) is 25.1 Å². The van der Waals surface area contributed by atoms with Gasteiger partial charge in [-0.2, -0.15) is 0 Å². The van der Waals surface area contributed by atoms with Crippen LogP contribution in [0.15, 0.2) is 22.8 Å². The van der Waals surface area contributed by atoms with Crippen LogP contribution >= 0.6 is 0 Å². The maximum absolute atomic E-state index is 5.52. The highest BCUT2D eigenvalue weighted by atomic mass is 16.6. The zero-order valence-electron chi connectivity index (χ0n) is 7.06. The van der Waals surface area contributed by atoms with Gasteiger partial charge in [0.05, 0.1) is 5.69 Å². The first kappa shape index (κ1) is 7.72. The van der Waals surface area contributed by atoms with E-state index >= 15 is 0 Å². The van der Waals surface area contributed by atoms with Gasteiger partial charge in [0.15, 0.2) is 11.5 Å². The number of rotatable bonds is 1. The van der Waals surface area contributed by atoms with Gasteiger partial charge in [-0.15, -0.1) is 0 Å². The van der Waals surface area contributed by atoms with Crippen molar-refractivity contribution >= 4 is 5.82 Å². The van der Waals surface area contributed by atoms with E-state index in [-0.39, 0.29) is 5.82 Å². The monoisotopic (exact) mass is 176 g/mol. The minimum atomic E-state index is 0.262. The Bertz CT molecular complexity index is 424. The van der Waals surface area contributed by atoms with Crippen LogP contribution in [0.4, 0.5) is 5.82 Å². The average Bonchev–Trinajstić information content (AvgIpc) is 2.51. The van der Waals surface area contributed by atoms with Gasteiger partial charge >= 0.3 is 0 Å². The van der Waals surface area contributed by atoms with Crippen LogP contribution < -0.4 is 5.73 Å². The minimum absolute atomic E-state index is 0.262. The van der Waals surface area contributed by atoms with E-state index in [2.05, 4.69) is 19.9 Å². The molecule has 2 heterocycles. The molecule has 0 amide bonds. The third-order valence-electron chi connectivity index (χ3n) is 1.64. The van der Waals surface area contributed by atoms with Crippen molar-refractivity contribution in [2.75, 3.05) is 5.73 Å². The second kappa shape index (κ2) is 2.85. The van der Waals surface area contributed by atoms with Crippen LogP contribution in [0.5, 0.6) is 0 Å². The van der Waals surface area contributed by atoms with E-state index in [4.69, 9.17) is 5.73 Å². The third-order valence-corrected chi connectivity index (χ3v) is 1.64. The van der Waals surface area contributed by atoms with Gasteiger partial charge in [0.25, 0.3) is 0 Å². The predicted octanol–water partition coefficient (Wildman–Crippen LogP) is 1.02. The van der Waals surface area contributed by atoms with Crippen molar-refractivity contribution in [2.45, 2.75) is 6.92 Å². The van der Waals surface area contributed by atoms with E-state index in [1.54, 1.807) is 0 Å². The van der Waals surface area contributed by atoms with Gasteiger partial charge in [-0.1, -0.05) is 6.07 Å². The highest BCUT2D eigenvalue weighted by Crippen LogP contribution is 2.19. The summed E-state index contributed by atoms with van der Waals surface area (Å²) in [6, 6.07) is 5.59.